The first kappa shape index (κ1) is 27.5. The van der Waals surface area contributed by atoms with Crippen molar-refractivity contribution in [2.24, 2.45) is 17.4 Å². The van der Waals surface area contributed by atoms with Gasteiger partial charge in [-0.15, -0.1) is 0 Å². The zero-order valence-corrected chi connectivity index (χ0v) is 18.4. The second-order valence-corrected chi connectivity index (χ2v) is 7.77. The lowest BCUT2D eigenvalue weighted by molar-refractivity contribution is -0.143. The molecule has 0 aliphatic heterocycles. The average molecular weight is 469 g/mol. The van der Waals surface area contributed by atoms with Gasteiger partial charge in [-0.1, -0.05) is 13.8 Å². The number of hydrogen-bond donors (Lipinski definition) is 8. The number of aromatic amines is 1. The molecule has 0 radical (unpaired) electrons. The number of carbonyl (C=O) groups is 5. The first-order valence-electron chi connectivity index (χ1n) is 10.2. The second-order valence-electron chi connectivity index (χ2n) is 7.77. The fraction of sp³-hybridized carbons (Fsp3) is 0.579. The molecule has 1 heterocycles. The lowest BCUT2D eigenvalue weighted by atomic mass is 10.0. The number of H-pyrrole nitrogens is 1. The summed E-state index contributed by atoms with van der Waals surface area (Å²) in [5.74, 6) is -4.88. The van der Waals surface area contributed by atoms with E-state index in [1.807, 2.05) is 0 Å². The van der Waals surface area contributed by atoms with Crippen molar-refractivity contribution in [3.8, 4) is 0 Å². The van der Waals surface area contributed by atoms with Gasteiger partial charge in [-0.05, 0) is 12.3 Å². The summed E-state index contributed by atoms with van der Waals surface area (Å²) in [5, 5.41) is 25.5. The molecule has 10 N–H and O–H groups in total. The van der Waals surface area contributed by atoms with Gasteiger partial charge in [0.15, 0.2) is 0 Å². The molecule has 14 heteroatoms. The van der Waals surface area contributed by atoms with Crippen molar-refractivity contribution in [3.63, 3.8) is 0 Å². The van der Waals surface area contributed by atoms with Crippen molar-refractivity contribution in [2.75, 3.05) is 6.61 Å². The minimum Gasteiger partial charge on any atom is -0.480 e. The summed E-state index contributed by atoms with van der Waals surface area (Å²) < 4.78 is 0. The van der Waals surface area contributed by atoms with E-state index >= 15 is 0 Å². The van der Waals surface area contributed by atoms with Gasteiger partial charge in [0, 0.05) is 24.7 Å². The monoisotopic (exact) mass is 469 g/mol. The number of amides is 4. The number of nitrogens with zero attached hydrogens (tertiary/aromatic N) is 1. The highest BCUT2D eigenvalue weighted by atomic mass is 16.4. The molecule has 0 fully saturated rings. The van der Waals surface area contributed by atoms with Crippen LogP contribution in [0.15, 0.2) is 12.5 Å². The lowest BCUT2D eigenvalue weighted by Crippen LogP contribution is -2.58. The smallest absolute Gasteiger partial charge is 0.326 e. The molecule has 1 rings (SSSR count). The zero-order chi connectivity index (χ0) is 25.1. The van der Waals surface area contributed by atoms with E-state index < -0.39 is 66.3 Å². The number of carboxylic acids is 1. The summed E-state index contributed by atoms with van der Waals surface area (Å²) in [6.45, 7) is 2.53. The molecular weight excluding hydrogens is 438 g/mol. The van der Waals surface area contributed by atoms with E-state index in [1.165, 1.54) is 12.5 Å². The zero-order valence-electron chi connectivity index (χ0n) is 18.4. The molecule has 0 aromatic carbocycles. The van der Waals surface area contributed by atoms with E-state index in [-0.39, 0.29) is 19.3 Å². The summed E-state index contributed by atoms with van der Waals surface area (Å²) in [5.41, 5.74) is 11.1. The van der Waals surface area contributed by atoms with Crippen LogP contribution in [0.25, 0.3) is 0 Å². The molecule has 4 atom stereocenters. The molecule has 0 aliphatic carbocycles. The highest BCUT2D eigenvalue weighted by molar-refractivity contribution is 5.94. The predicted molar refractivity (Wildman–Crippen MR) is 114 cm³/mol. The maximum atomic E-state index is 13.0. The Morgan fingerprint density at radius 2 is 1.67 bits per heavy atom. The van der Waals surface area contributed by atoms with Crippen molar-refractivity contribution >= 4 is 29.6 Å². The summed E-state index contributed by atoms with van der Waals surface area (Å²) in [6.07, 6.45) is 2.29. The van der Waals surface area contributed by atoms with Crippen LogP contribution in [0.1, 0.15) is 32.4 Å². The minimum absolute atomic E-state index is 0.0520. The third-order valence-corrected chi connectivity index (χ3v) is 4.69. The highest BCUT2D eigenvalue weighted by Gasteiger charge is 2.31. The molecule has 0 aliphatic rings. The second kappa shape index (κ2) is 13.1. The molecule has 0 bridgehead atoms. The molecule has 1 aromatic rings. The van der Waals surface area contributed by atoms with Gasteiger partial charge in [0.05, 0.1) is 12.9 Å². The number of aliphatic hydroxyl groups excluding tert-OH is 1. The molecule has 4 unspecified atom stereocenters. The van der Waals surface area contributed by atoms with Crippen molar-refractivity contribution in [2.45, 2.75) is 57.3 Å². The van der Waals surface area contributed by atoms with Gasteiger partial charge in [-0.2, -0.15) is 0 Å². The Kier molecular flexibility index (Phi) is 10.9. The van der Waals surface area contributed by atoms with E-state index in [1.54, 1.807) is 13.8 Å². The van der Waals surface area contributed by atoms with E-state index in [0.717, 1.165) is 0 Å². The van der Waals surface area contributed by atoms with Gasteiger partial charge in [-0.25, -0.2) is 9.78 Å². The fourth-order valence-electron chi connectivity index (χ4n) is 2.78. The van der Waals surface area contributed by atoms with Crippen molar-refractivity contribution in [3.05, 3.63) is 18.2 Å². The third-order valence-electron chi connectivity index (χ3n) is 4.69. The van der Waals surface area contributed by atoms with E-state index in [4.69, 9.17) is 16.6 Å². The van der Waals surface area contributed by atoms with Crippen molar-refractivity contribution in [1.29, 1.82) is 0 Å². The maximum Gasteiger partial charge on any atom is 0.326 e. The molecule has 33 heavy (non-hydrogen) atoms. The number of primary amides is 1. The Bertz CT molecular complexity index is 828. The summed E-state index contributed by atoms with van der Waals surface area (Å²) in [7, 11) is 0. The molecule has 0 spiro atoms. The normalized spacial score (nSPS) is 14.6. The van der Waals surface area contributed by atoms with Crippen molar-refractivity contribution in [1.82, 2.24) is 25.9 Å². The predicted octanol–water partition coefficient (Wildman–Crippen LogP) is -3.27. The van der Waals surface area contributed by atoms with Crippen LogP contribution in [0.3, 0.4) is 0 Å². The van der Waals surface area contributed by atoms with Gasteiger partial charge >= 0.3 is 5.97 Å². The van der Waals surface area contributed by atoms with Crippen LogP contribution in [0, 0.1) is 5.92 Å². The van der Waals surface area contributed by atoms with Crippen LogP contribution in [0.2, 0.25) is 0 Å². The van der Waals surface area contributed by atoms with Crippen LogP contribution in [0.5, 0.6) is 0 Å². The van der Waals surface area contributed by atoms with Crippen LogP contribution < -0.4 is 27.4 Å². The number of nitrogens with two attached hydrogens (primary N) is 2. The van der Waals surface area contributed by atoms with Crippen LogP contribution >= 0.6 is 0 Å². The van der Waals surface area contributed by atoms with Crippen LogP contribution in [-0.2, 0) is 30.4 Å². The van der Waals surface area contributed by atoms with Gasteiger partial charge in [-0.3, -0.25) is 19.2 Å². The number of aromatic nitrogens is 2. The number of carboxylic acid groups (broad SMARTS) is 1. The Balaban J connectivity index is 3.06. The minimum atomic E-state index is -1.31. The van der Waals surface area contributed by atoms with Gasteiger partial charge < -0.3 is 42.6 Å². The topological polar surface area (TPSA) is 243 Å². The van der Waals surface area contributed by atoms with Gasteiger partial charge in [0.1, 0.15) is 24.2 Å². The molecule has 0 saturated carbocycles. The molecule has 4 amide bonds. The molecule has 0 saturated heterocycles. The SMILES string of the molecule is CC(C)C(NC(=O)C(CCC(N)=O)NC(=O)C(Cc1cnc[nH]1)NC(=O)C(N)CO)C(=O)O. The van der Waals surface area contributed by atoms with E-state index in [9.17, 15) is 29.1 Å². The van der Waals surface area contributed by atoms with Crippen molar-refractivity contribution < 1.29 is 34.2 Å². The molecule has 184 valence electrons. The van der Waals surface area contributed by atoms with Crippen LogP contribution in [-0.4, -0.2) is 80.6 Å². The van der Waals surface area contributed by atoms with Gasteiger partial charge in [0.25, 0.3) is 0 Å². The summed E-state index contributed by atoms with van der Waals surface area (Å²) in [4.78, 5) is 67.1. The molecule has 1 aromatic heterocycles. The maximum absolute atomic E-state index is 13.0. The Labute approximate surface area is 189 Å². The van der Waals surface area contributed by atoms with E-state index in [2.05, 4.69) is 25.9 Å². The number of hydrogen-bond acceptors (Lipinski definition) is 8. The standard InChI is InChI=1S/C19H31N7O7/c1-9(2)15(19(32)33)26-17(30)12(3-4-14(21)28)24-18(31)13(5-10-6-22-8-23-10)25-16(29)11(20)7-27/h6,8-9,11-13,15,27H,3-5,7,20H2,1-2H3,(H2,21,28)(H,22,23)(H,24,31)(H,25,29)(H,26,30)(H,32,33). The fourth-order valence-corrected chi connectivity index (χ4v) is 2.78. The number of aliphatic hydroxyl groups is 1. The average Bonchev–Trinajstić information content (AvgIpc) is 3.25. The first-order chi connectivity index (χ1) is 15.5. The van der Waals surface area contributed by atoms with Gasteiger partial charge in [0.2, 0.25) is 23.6 Å². The molecule has 14 nitrogen and oxygen atoms in total. The summed E-state index contributed by atoms with van der Waals surface area (Å²) in [6, 6.07) is -5.04. The summed E-state index contributed by atoms with van der Waals surface area (Å²) >= 11 is 0. The van der Waals surface area contributed by atoms with Crippen LogP contribution in [0.4, 0.5) is 0 Å². The highest BCUT2D eigenvalue weighted by Crippen LogP contribution is 2.06. The number of nitrogens with one attached hydrogen (secondary N) is 4. The largest absolute Gasteiger partial charge is 0.480 e. The number of imidazole rings is 1. The van der Waals surface area contributed by atoms with E-state index in [0.29, 0.717) is 5.69 Å². The third kappa shape index (κ3) is 9.24. The quantitative estimate of drug-likeness (QED) is 0.136. The number of carbonyl (C=O) groups excluding carboxylic acids is 4. The number of rotatable bonds is 14. The Morgan fingerprint density at radius 1 is 1.06 bits per heavy atom. The first-order valence-corrected chi connectivity index (χ1v) is 10.2. The Hall–Kier alpha value is -3.52. The Morgan fingerprint density at radius 3 is 2.15 bits per heavy atom. The number of aliphatic carboxylic acids is 1. The lowest BCUT2D eigenvalue weighted by Gasteiger charge is -2.25. The molecular formula is C19H31N7O7.